The SMILES string of the molecule is CC(=NOCC(=O)NN=Cc1cc2ccccc2[nH]1)c1ccccc1. The summed E-state index contributed by atoms with van der Waals surface area (Å²) in [5.74, 6) is -0.378. The van der Waals surface area contributed by atoms with Crippen molar-refractivity contribution >= 4 is 28.7 Å². The number of hydrogen-bond donors (Lipinski definition) is 2. The Bertz CT molecular complexity index is 880. The van der Waals surface area contributed by atoms with Crippen LogP contribution in [0.3, 0.4) is 0 Å². The molecule has 0 atom stereocenters. The summed E-state index contributed by atoms with van der Waals surface area (Å²) in [6.45, 7) is 1.62. The second-order valence-electron chi connectivity index (χ2n) is 5.42. The topological polar surface area (TPSA) is 78.8 Å². The quantitative estimate of drug-likeness (QED) is 0.537. The van der Waals surface area contributed by atoms with Gasteiger partial charge in [-0.25, -0.2) is 5.43 Å². The second kappa shape index (κ2) is 7.92. The molecule has 6 heteroatoms. The van der Waals surface area contributed by atoms with Gasteiger partial charge in [-0.05, 0) is 24.6 Å². The lowest BCUT2D eigenvalue weighted by Crippen LogP contribution is -2.22. The maximum Gasteiger partial charge on any atom is 0.280 e. The number of H-pyrrole nitrogens is 1. The van der Waals surface area contributed by atoms with Crippen molar-refractivity contribution in [1.29, 1.82) is 0 Å². The highest BCUT2D eigenvalue weighted by atomic mass is 16.6. The minimum atomic E-state index is -0.378. The summed E-state index contributed by atoms with van der Waals surface area (Å²) in [6, 6.07) is 19.5. The Kier molecular flexibility index (Phi) is 5.21. The Morgan fingerprint density at radius 3 is 2.72 bits per heavy atom. The van der Waals surface area contributed by atoms with Crippen LogP contribution in [0, 0.1) is 0 Å². The lowest BCUT2D eigenvalue weighted by atomic mass is 10.1. The molecular formula is C19H18N4O2. The number of aromatic nitrogens is 1. The molecule has 1 aromatic heterocycles. The predicted octanol–water partition coefficient (Wildman–Crippen LogP) is 3.06. The molecule has 0 aliphatic rings. The van der Waals surface area contributed by atoms with Gasteiger partial charge in [0.05, 0.1) is 17.6 Å². The Balaban J connectivity index is 1.48. The van der Waals surface area contributed by atoms with Crippen LogP contribution in [0.5, 0.6) is 0 Å². The fraction of sp³-hybridized carbons (Fsp3) is 0.105. The zero-order valence-electron chi connectivity index (χ0n) is 13.8. The highest BCUT2D eigenvalue weighted by molar-refractivity contribution is 5.98. The minimum absolute atomic E-state index is 0.200. The molecule has 2 N–H and O–H groups in total. The Hall–Kier alpha value is -3.41. The predicted molar refractivity (Wildman–Crippen MR) is 98.6 cm³/mol. The molecule has 0 radical (unpaired) electrons. The number of carbonyl (C=O) groups is 1. The number of carbonyl (C=O) groups excluding carboxylic acids is 1. The molecule has 126 valence electrons. The summed E-state index contributed by atoms with van der Waals surface area (Å²) in [5.41, 5.74) is 5.88. The number of oxime groups is 1. The van der Waals surface area contributed by atoms with Crippen LogP contribution in [0.25, 0.3) is 10.9 Å². The molecule has 1 heterocycles. The van der Waals surface area contributed by atoms with Gasteiger partial charge in [0.25, 0.3) is 5.91 Å². The summed E-state index contributed by atoms with van der Waals surface area (Å²) >= 11 is 0. The molecule has 0 aliphatic heterocycles. The lowest BCUT2D eigenvalue weighted by molar-refractivity contribution is -0.125. The van der Waals surface area contributed by atoms with Gasteiger partial charge in [-0.3, -0.25) is 4.79 Å². The molecule has 0 unspecified atom stereocenters. The van der Waals surface area contributed by atoms with E-state index in [1.807, 2.05) is 67.6 Å². The number of nitrogens with zero attached hydrogens (tertiary/aromatic N) is 2. The third-order valence-corrected chi connectivity index (χ3v) is 3.53. The Morgan fingerprint density at radius 2 is 1.92 bits per heavy atom. The Morgan fingerprint density at radius 1 is 1.16 bits per heavy atom. The number of amides is 1. The molecule has 3 aromatic rings. The van der Waals surface area contributed by atoms with Crippen LogP contribution in [0.4, 0.5) is 0 Å². The van der Waals surface area contributed by atoms with Gasteiger partial charge in [0.1, 0.15) is 0 Å². The molecule has 0 saturated carbocycles. The van der Waals surface area contributed by atoms with E-state index in [9.17, 15) is 4.79 Å². The van der Waals surface area contributed by atoms with Gasteiger partial charge in [0, 0.05) is 10.9 Å². The molecule has 0 spiro atoms. The van der Waals surface area contributed by atoms with Crippen molar-refractivity contribution in [3.8, 4) is 0 Å². The summed E-state index contributed by atoms with van der Waals surface area (Å²) < 4.78 is 0. The monoisotopic (exact) mass is 334 g/mol. The number of hydrazone groups is 1. The average Bonchev–Trinajstić information content (AvgIpc) is 3.05. The first-order chi connectivity index (χ1) is 12.2. The summed E-state index contributed by atoms with van der Waals surface area (Å²) in [6.07, 6.45) is 1.55. The summed E-state index contributed by atoms with van der Waals surface area (Å²) in [5, 5.41) is 8.92. The van der Waals surface area contributed by atoms with Crippen LogP contribution >= 0.6 is 0 Å². The average molecular weight is 334 g/mol. The van der Waals surface area contributed by atoms with Crippen LogP contribution in [0.15, 0.2) is 70.9 Å². The van der Waals surface area contributed by atoms with Crippen LogP contribution in [-0.2, 0) is 9.63 Å². The van der Waals surface area contributed by atoms with E-state index in [-0.39, 0.29) is 12.5 Å². The van der Waals surface area contributed by atoms with Gasteiger partial charge >= 0.3 is 0 Å². The molecular weight excluding hydrogens is 316 g/mol. The van der Waals surface area contributed by atoms with E-state index in [0.717, 1.165) is 22.2 Å². The zero-order chi connectivity index (χ0) is 17.5. The van der Waals surface area contributed by atoms with E-state index in [4.69, 9.17) is 4.84 Å². The summed E-state index contributed by atoms with van der Waals surface area (Å²) in [7, 11) is 0. The number of rotatable bonds is 6. The zero-order valence-corrected chi connectivity index (χ0v) is 13.8. The first-order valence-electron chi connectivity index (χ1n) is 7.84. The van der Waals surface area contributed by atoms with Crippen LogP contribution < -0.4 is 5.43 Å². The summed E-state index contributed by atoms with van der Waals surface area (Å²) in [4.78, 5) is 19.9. The van der Waals surface area contributed by atoms with Gasteiger partial charge < -0.3 is 9.82 Å². The van der Waals surface area contributed by atoms with Crippen molar-refractivity contribution in [3.05, 3.63) is 71.9 Å². The highest BCUT2D eigenvalue weighted by Gasteiger charge is 2.01. The van der Waals surface area contributed by atoms with Crippen molar-refractivity contribution in [1.82, 2.24) is 10.4 Å². The highest BCUT2D eigenvalue weighted by Crippen LogP contribution is 2.13. The molecule has 2 aromatic carbocycles. The van der Waals surface area contributed by atoms with E-state index in [1.54, 1.807) is 6.21 Å². The van der Waals surface area contributed by atoms with Gasteiger partial charge in [0.15, 0.2) is 6.61 Å². The standard InChI is InChI=1S/C19H18N4O2/c1-14(15-7-3-2-4-8-15)23-25-13-19(24)22-20-12-17-11-16-9-5-6-10-18(16)21-17/h2-12,21H,13H2,1H3,(H,22,24). The van der Waals surface area contributed by atoms with E-state index < -0.39 is 0 Å². The van der Waals surface area contributed by atoms with Crippen molar-refractivity contribution < 1.29 is 9.63 Å². The molecule has 0 saturated heterocycles. The Labute approximate surface area is 145 Å². The van der Waals surface area contributed by atoms with E-state index in [0.29, 0.717) is 5.71 Å². The van der Waals surface area contributed by atoms with Crippen LogP contribution in [0.1, 0.15) is 18.2 Å². The lowest BCUT2D eigenvalue weighted by Gasteiger charge is -2.01. The number of para-hydroxylation sites is 1. The molecule has 0 fully saturated rings. The van der Waals surface area contributed by atoms with E-state index in [2.05, 4.69) is 20.7 Å². The fourth-order valence-electron chi connectivity index (χ4n) is 2.29. The maximum atomic E-state index is 11.7. The number of nitrogens with one attached hydrogen (secondary N) is 2. The fourth-order valence-corrected chi connectivity index (χ4v) is 2.29. The number of benzene rings is 2. The van der Waals surface area contributed by atoms with Crippen molar-refractivity contribution in [2.45, 2.75) is 6.92 Å². The third-order valence-electron chi connectivity index (χ3n) is 3.53. The normalized spacial score (nSPS) is 11.8. The number of aromatic amines is 1. The molecule has 1 amide bonds. The maximum absolute atomic E-state index is 11.7. The molecule has 0 aliphatic carbocycles. The van der Waals surface area contributed by atoms with Crippen molar-refractivity contribution in [2.75, 3.05) is 6.61 Å². The van der Waals surface area contributed by atoms with Gasteiger partial charge in [-0.15, -0.1) is 0 Å². The first-order valence-corrected chi connectivity index (χ1v) is 7.84. The molecule has 3 rings (SSSR count). The largest absolute Gasteiger partial charge is 0.385 e. The van der Waals surface area contributed by atoms with Crippen LogP contribution in [0.2, 0.25) is 0 Å². The second-order valence-corrected chi connectivity index (χ2v) is 5.42. The van der Waals surface area contributed by atoms with Crippen LogP contribution in [-0.4, -0.2) is 29.4 Å². The van der Waals surface area contributed by atoms with E-state index >= 15 is 0 Å². The number of hydrogen-bond acceptors (Lipinski definition) is 4. The van der Waals surface area contributed by atoms with Crippen molar-refractivity contribution in [2.24, 2.45) is 10.3 Å². The van der Waals surface area contributed by atoms with E-state index in [1.165, 1.54) is 0 Å². The molecule has 25 heavy (non-hydrogen) atoms. The molecule has 0 bridgehead atoms. The van der Waals surface area contributed by atoms with Gasteiger partial charge in [-0.2, -0.15) is 5.10 Å². The number of fused-ring (bicyclic) bond motifs is 1. The van der Waals surface area contributed by atoms with Gasteiger partial charge in [0.2, 0.25) is 0 Å². The smallest absolute Gasteiger partial charge is 0.280 e. The minimum Gasteiger partial charge on any atom is -0.385 e. The van der Waals surface area contributed by atoms with Crippen molar-refractivity contribution in [3.63, 3.8) is 0 Å². The molecule has 6 nitrogen and oxygen atoms in total. The third kappa shape index (κ3) is 4.54. The van der Waals surface area contributed by atoms with Gasteiger partial charge in [-0.1, -0.05) is 53.7 Å². The first kappa shape index (κ1) is 16.4.